The lowest BCUT2D eigenvalue weighted by molar-refractivity contribution is 0.0485. The topological polar surface area (TPSA) is 35.5 Å². The van der Waals surface area contributed by atoms with Crippen molar-refractivity contribution >= 4 is 20.2 Å². The quantitative estimate of drug-likeness (QED) is 0.282. The lowest BCUT2D eigenvalue weighted by Gasteiger charge is -2.37. The summed E-state index contributed by atoms with van der Waals surface area (Å²) in [6.07, 6.45) is 2.90. The SMILES string of the molecule is CCC(CC)(Pc1ccccc1C=O)c1cc(C)cc(C(C)(C)C)c1OCOC. The molecule has 0 bridgehead atoms. The van der Waals surface area contributed by atoms with E-state index in [9.17, 15) is 4.79 Å². The van der Waals surface area contributed by atoms with Crippen molar-refractivity contribution in [1.29, 1.82) is 0 Å². The molecule has 0 aliphatic carbocycles. The fourth-order valence-electron chi connectivity index (χ4n) is 3.81. The van der Waals surface area contributed by atoms with Crippen molar-refractivity contribution in [2.45, 2.75) is 65.0 Å². The Kier molecular flexibility index (Phi) is 8.02. The van der Waals surface area contributed by atoms with E-state index in [4.69, 9.17) is 9.47 Å². The summed E-state index contributed by atoms with van der Waals surface area (Å²) in [6, 6.07) is 12.4. The first kappa shape index (κ1) is 23.6. The molecule has 2 aromatic rings. The summed E-state index contributed by atoms with van der Waals surface area (Å²) in [5, 5.41) is 1.01. The molecule has 158 valence electrons. The van der Waals surface area contributed by atoms with Crippen LogP contribution in [0.2, 0.25) is 0 Å². The van der Waals surface area contributed by atoms with Crippen LogP contribution in [0.1, 0.15) is 74.5 Å². The van der Waals surface area contributed by atoms with E-state index in [1.54, 1.807) is 7.11 Å². The van der Waals surface area contributed by atoms with E-state index in [2.05, 4.69) is 59.7 Å². The maximum Gasteiger partial charge on any atom is 0.188 e. The third-order valence-electron chi connectivity index (χ3n) is 5.55. The second-order valence-electron chi connectivity index (χ2n) is 8.61. The number of hydrogen-bond donors (Lipinski definition) is 0. The largest absolute Gasteiger partial charge is 0.467 e. The molecule has 1 unspecified atom stereocenters. The average Bonchev–Trinajstić information content (AvgIpc) is 2.70. The van der Waals surface area contributed by atoms with Crippen molar-refractivity contribution in [3.05, 3.63) is 58.7 Å². The molecule has 0 aliphatic rings. The summed E-state index contributed by atoms with van der Waals surface area (Å²) in [7, 11) is 2.13. The minimum Gasteiger partial charge on any atom is -0.467 e. The first-order valence-electron chi connectivity index (χ1n) is 10.3. The first-order chi connectivity index (χ1) is 13.7. The Labute approximate surface area is 178 Å². The summed E-state index contributed by atoms with van der Waals surface area (Å²) in [4.78, 5) is 11.6. The van der Waals surface area contributed by atoms with Crippen LogP contribution in [0.5, 0.6) is 5.75 Å². The fraction of sp³-hybridized carbons (Fsp3) is 0.480. The van der Waals surface area contributed by atoms with E-state index >= 15 is 0 Å². The second-order valence-corrected chi connectivity index (χ2v) is 10.4. The van der Waals surface area contributed by atoms with Gasteiger partial charge in [-0.2, -0.15) is 0 Å². The van der Waals surface area contributed by atoms with Crippen LogP contribution < -0.4 is 10.0 Å². The third-order valence-corrected chi connectivity index (χ3v) is 7.73. The van der Waals surface area contributed by atoms with Crippen LogP contribution in [0.3, 0.4) is 0 Å². The van der Waals surface area contributed by atoms with Gasteiger partial charge in [0.25, 0.3) is 0 Å². The highest BCUT2D eigenvalue weighted by Gasteiger charge is 2.35. The van der Waals surface area contributed by atoms with Gasteiger partial charge in [0, 0.05) is 29.0 Å². The van der Waals surface area contributed by atoms with Gasteiger partial charge in [0.05, 0.1) is 0 Å². The molecule has 4 heteroatoms. The minimum absolute atomic E-state index is 0.0547. The minimum atomic E-state index is -0.103. The van der Waals surface area contributed by atoms with Crippen LogP contribution in [0.15, 0.2) is 36.4 Å². The molecule has 0 aromatic heterocycles. The predicted molar refractivity (Wildman–Crippen MR) is 124 cm³/mol. The number of rotatable bonds is 9. The molecule has 0 aliphatic heterocycles. The number of benzene rings is 2. The molecule has 0 amide bonds. The van der Waals surface area contributed by atoms with Gasteiger partial charge in [0.2, 0.25) is 0 Å². The van der Waals surface area contributed by atoms with Crippen LogP contribution >= 0.6 is 8.58 Å². The molecule has 0 saturated carbocycles. The molecule has 3 nitrogen and oxygen atoms in total. The van der Waals surface area contributed by atoms with Gasteiger partial charge >= 0.3 is 0 Å². The van der Waals surface area contributed by atoms with Crippen molar-refractivity contribution in [3.63, 3.8) is 0 Å². The Hall–Kier alpha value is -1.70. The Morgan fingerprint density at radius 1 is 1.03 bits per heavy atom. The molecule has 2 rings (SSSR count). The second kappa shape index (κ2) is 9.87. The number of carbonyl (C=O) groups is 1. The van der Waals surface area contributed by atoms with Crippen molar-refractivity contribution in [3.8, 4) is 5.75 Å². The van der Waals surface area contributed by atoms with Gasteiger partial charge in [-0.05, 0) is 30.5 Å². The molecule has 0 radical (unpaired) electrons. The molecular weight excluding hydrogens is 379 g/mol. The molecule has 0 saturated heterocycles. The highest BCUT2D eigenvalue weighted by atomic mass is 31.1. The van der Waals surface area contributed by atoms with E-state index in [0.29, 0.717) is 8.58 Å². The lowest BCUT2D eigenvalue weighted by Crippen LogP contribution is -2.26. The molecular formula is C25H35O3P. The highest BCUT2D eigenvalue weighted by molar-refractivity contribution is 7.48. The van der Waals surface area contributed by atoms with Gasteiger partial charge in [0.15, 0.2) is 13.1 Å². The van der Waals surface area contributed by atoms with Crippen molar-refractivity contribution in [1.82, 2.24) is 0 Å². The predicted octanol–water partition coefficient (Wildman–Crippen LogP) is 6.11. The van der Waals surface area contributed by atoms with Crippen LogP contribution in [0, 0.1) is 6.92 Å². The van der Waals surface area contributed by atoms with Crippen molar-refractivity contribution in [2.24, 2.45) is 0 Å². The van der Waals surface area contributed by atoms with Crippen LogP contribution in [-0.2, 0) is 15.3 Å². The summed E-state index contributed by atoms with van der Waals surface area (Å²) in [5.41, 5.74) is 4.38. The smallest absolute Gasteiger partial charge is 0.188 e. The number of ether oxygens (including phenoxy) is 2. The monoisotopic (exact) mass is 414 g/mol. The number of methoxy groups -OCH3 is 1. The van der Waals surface area contributed by atoms with Crippen molar-refractivity contribution in [2.75, 3.05) is 13.9 Å². The zero-order valence-corrected chi connectivity index (χ0v) is 19.9. The zero-order chi connectivity index (χ0) is 21.7. The summed E-state index contributed by atoms with van der Waals surface area (Å²) >= 11 is 0. The van der Waals surface area contributed by atoms with Crippen molar-refractivity contribution < 1.29 is 14.3 Å². The summed E-state index contributed by atoms with van der Waals surface area (Å²) < 4.78 is 11.5. The number of hydrogen-bond acceptors (Lipinski definition) is 3. The molecule has 29 heavy (non-hydrogen) atoms. The van der Waals surface area contributed by atoms with E-state index in [0.717, 1.165) is 35.7 Å². The van der Waals surface area contributed by atoms with Crippen LogP contribution in [0.25, 0.3) is 0 Å². The number of carbonyl (C=O) groups excluding carboxylic acids is 1. The highest BCUT2D eigenvalue weighted by Crippen LogP contribution is 2.52. The Morgan fingerprint density at radius 2 is 1.66 bits per heavy atom. The maximum absolute atomic E-state index is 11.6. The standard InChI is InChI=1S/C25H35O3P/c1-8-25(9-2,29-22-13-11-10-12-19(22)16-26)21-15-18(3)14-20(24(4,5)6)23(21)28-17-27-7/h10-16,29H,8-9,17H2,1-7H3. The average molecular weight is 415 g/mol. The fourth-order valence-corrected chi connectivity index (χ4v) is 5.46. The Morgan fingerprint density at radius 3 is 2.21 bits per heavy atom. The number of aldehydes is 1. The van der Waals surface area contributed by atoms with Gasteiger partial charge in [0.1, 0.15) is 5.75 Å². The summed E-state index contributed by atoms with van der Waals surface area (Å²) in [6.45, 7) is 13.5. The van der Waals surface area contributed by atoms with Crippen LogP contribution in [0.4, 0.5) is 0 Å². The van der Waals surface area contributed by atoms with E-state index in [-0.39, 0.29) is 17.4 Å². The van der Waals surface area contributed by atoms with E-state index in [1.807, 2.05) is 18.2 Å². The molecule has 1 atom stereocenters. The normalized spacial score (nSPS) is 12.5. The summed E-state index contributed by atoms with van der Waals surface area (Å²) in [5.74, 6) is 0.935. The van der Waals surface area contributed by atoms with Gasteiger partial charge in [-0.25, -0.2) is 0 Å². The van der Waals surface area contributed by atoms with E-state index < -0.39 is 0 Å². The van der Waals surface area contributed by atoms with Gasteiger partial charge < -0.3 is 9.47 Å². The molecule has 0 heterocycles. The van der Waals surface area contributed by atoms with Gasteiger partial charge in [-0.3, -0.25) is 4.79 Å². The molecule has 0 spiro atoms. The molecule has 0 fully saturated rings. The third kappa shape index (κ3) is 5.27. The molecule has 2 aromatic carbocycles. The van der Waals surface area contributed by atoms with Gasteiger partial charge in [-0.15, -0.1) is 0 Å². The van der Waals surface area contributed by atoms with E-state index in [1.165, 1.54) is 16.7 Å². The Bertz CT molecular complexity index is 832. The zero-order valence-electron chi connectivity index (χ0n) is 18.9. The first-order valence-corrected chi connectivity index (χ1v) is 11.3. The molecule has 0 N–H and O–H groups in total. The lowest BCUT2D eigenvalue weighted by atomic mass is 9.80. The van der Waals surface area contributed by atoms with Gasteiger partial charge in [-0.1, -0.05) is 85.2 Å². The maximum atomic E-state index is 11.6. The van der Waals surface area contributed by atoms with Crippen LogP contribution in [-0.4, -0.2) is 20.2 Å². The number of aryl methyl sites for hydroxylation is 1. The Balaban J connectivity index is 2.73.